The Bertz CT molecular complexity index is 1140. The van der Waals surface area contributed by atoms with Gasteiger partial charge >= 0.3 is 11.7 Å². The van der Waals surface area contributed by atoms with Gasteiger partial charge in [0, 0.05) is 19.6 Å². The second-order valence-corrected chi connectivity index (χ2v) is 6.96. The van der Waals surface area contributed by atoms with Crippen LogP contribution in [0, 0.1) is 0 Å². The summed E-state index contributed by atoms with van der Waals surface area (Å²) in [6.45, 7) is 3.33. The predicted molar refractivity (Wildman–Crippen MR) is 104 cm³/mol. The number of aromatic nitrogens is 2. The van der Waals surface area contributed by atoms with Crippen molar-refractivity contribution in [2.45, 2.75) is 33.0 Å². The number of hydrogen-bond donors (Lipinski definition) is 1. The molecular weight excluding hydrogens is 358 g/mol. The van der Waals surface area contributed by atoms with Gasteiger partial charge in [-0.1, -0.05) is 18.2 Å². The van der Waals surface area contributed by atoms with Crippen molar-refractivity contribution in [3.63, 3.8) is 0 Å². The zero-order valence-electron chi connectivity index (χ0n) is 15.6. The molecule has 28 heavy (non-hydrogen) atoms. The number of para-hydroxylation sites is 2. The molecule has 7 nitrogen and oxygen atoms in total. The highest BCUT2D eigenvalue weighted by molar-refractivity contribution is 5.88. The fraction of sp³-hybridized carbons (Fsp3) is 0.286. The van der Waals surface area contributed by atoms with E-state index in [9.17, 15) is 19.5 Å². The maximum atomic E-state index is 12.9. The Morgan fingerprint density at radius 3 is 2.43 bits per heavy atom. The van der Waals surface area contributed by atoms with Gasteiger partial charge < -0.3 is 10.0 Å². The Morgan fingerprint density at radius 2 is 1.75 bits per heavy atom. The maximum Gasteiger partial charge on any atom is 0.335 e. The molecule has 0 spiro atoms. The molecule has 0 fully saturated rings. The van der Waals surface area contributed by atoms with Gasteiger partial charge in [-0.2, -0.15) is 0 Å². The van der Waals surface area contributed by atoms with Crippen LogP contribution in [0.2, 0.25) is 0 Å². The maximum absolute atomic E-state index is 12.9. The van der Waals surface area contributed by atoms with Crippen molar-refractivity contribution in [3.8, 4) is 0 Å². The molecule has 144 valence electrons. The van der Waals surface area contributed by atoms with Crippen molar-refractivity contribution >= 4 is 22.9 Å². The Balaban J connectivity index is 1.61. The van der Waals surface area contributed by atoms with Crippen LogP contribution < -0.4 is 5.69 Å². The molecule has 2 heterocycles. The van der Waals surface area contributed by atoms with Crippen LogP contribution in [0.3, 0.4) is 0 Å². The fourth-order valence-electron chi connectivity index (χ4n) is 3.87. The van der Waals surface area contributed by atoms with Crippen molar-refractivity contribution in [3.05, 3.63) is 69.6 Å². The highest BCUT2D eigenvalue weighted by atomic mass is 16.4. The number of carboxylic acids is 1. The number of fused-ring (bicyclic) bond motifs is 2. The molecule has 1 N–H and O–H groups in total. The molecule has 2 aromatic carbocycles. The number of nitrogens with zero attached hydrogens (tertiary/aromatic N) is 3. The minimum atomic E-state index is -0.981. The topological polar surface area (TPSA) is 84.5 Å². The van der Waals surface area contributed by atoms with Gasteiger partial charge in [-0.05, 0) is 48.7 Å². The Kier molecular flexibility index (Phi) is 4.50. The Morgan fingerprint density at radius 1 is 1.04 bits per heavy atom. The first-order chi connectivity index (χ1) is 13.5. The number of amides is 1. The second-order valence-electron chi connectivity index (χ2n) is 6.96. The zero-order valence-corrected chi connectivity index (χ0v) is 15.6. The summed E-state index contributed by atoms with van der Waals surface area (Å²) in [5.41, 5.74) is 3.50. The number of carboxylic acid groups (broad SMARTS) is 1. The van der Waals surface area contributed by atoms with Gasteiger partial charge in [0.2, 0.25) is 5.91 Å². The third-order valence-corrected chi connectivity index (χ3v) is 5.35. The molecule has 0 atom stereocenters. The smallest absolute Gasteiger partial charge is 0.335 e. The lowest BCUT2D eigenvalue weighted by molar-refractivity contribution is -0.132. The number of aryl methyl sites for hydroxylation is 1. The minimum Gasteiger partial charge on any atom is -0.478 e. The molecule has 4 rings (SSSR count). The van der Waals surface area contributed by atoms with Crippen molar-refractivity contribution < 1.29 is 14.7 Å². The lowest BCUT2D eigenvalue weighted by Gasteiger charge is -2.29. The van der Waals surface area contributed by atoms with Crippen molar-refractivity contribution in [1.82, 2.24) is 14.0 Å². The molecule has 1 aliphatic heterocycles. The molecule has 0 saturated carbocycles. The van der Waals surface area contributed by atoms with Crippen LogP contribution in [0.5, 0.6) is 0 Å². The molecular formula is C21H21N3O4. The van der Waals surface area contributed by atoms with Crippen LogP contribution >= 0.6 is 0 Å². The first-order valence-electron chi connectivity index (χ1n) is 9.30. The minimum absolute atomic E-state index is 0.0275. The van der Waals surface area contributed by atoms with Crippen LogP contribution in [0.4, 0.5) is 0 Å². The lowest BCUT2D eigenvalue weighted by atomic mass is 9.97. The summed E-state index contributed by atoms with van der Waals surface area (Å²) < 4.78 is 3.18. The summed E-state index contributed by atoms with van der Waals surface area (Å²) >= 11 is 0. The van der Waals surface area contributed by atoms with E-state index in [1.165, 1.54) is 4.57 Å². The van der Waals surface area contributed by atoms with Crippen LogP contribution in [-0.4, -0.2) is 37.6 Å². The van der Waals surface area contributed by atoms with E-state index in [1.54, 1.807) is 21.6 Å². The first kappa shape index (κ1) is 18.0. The molecule has 0 radical (unpaired) electrons. The van der Waals surface area contributed by atoms with Gasteiger partial charge in [0.1, 0.15) is 6.54 Å². The second kappa shape index (κ2) is 6.99. The van der Waals surface area contributed by atoms with Crippen LogP contribution in [-0.2, 0) is 30.8 Å². The van der Waals surface area contributed by atoms with Gasteiger partial charge in [0.15, 0.2) is 0 Å². The van der Waals surface area contributed by atoms with E-state index in [4.69, 9.17) is 0 Å². The summed E-state index contributed by atoms with van der Waals surface area (Å²) in [5, 5.41) is 9.19. The molecule has 7 heteroatoms. The third-order valence-electron chi connectivity index (χ3n) is 5.35. The fourth-order valence-corrected chi connectivity index (χ4v) is 3.87. The van der Waals surface area contributed by atoms with Crippen LogP contribution in [0.1, 0.15) is 28.4 Å². The number of hydrogen-bond acceptors (Lipinski definition) is 3. The standard InChI is InChI=1S/C21H21N3O4/c1-2-23-17-5-3-4-6-18(17)24(21(23)28)13-19(25)22-10-9-14-7-8-15(20(26)27)11-16(14)12-22/h3-8,11H,2,9-10,12-13H2,1H3,(H,26,27). The molecule has 1 amide bonds. The van der Waals surface area contributed by atoms with E-state index in [0.717, 1.165) is 22.2 Å². The largest absolute Gasteiger partial charge is 0.478 e. The zero-order chi connectivity index (χ0) is 19.8. The summed E-state index contributed by atoms with van der Waals surface area (Å²) in [5.74, 6) is -1.13. The van der Waals surface area contributed by atoms with Gasteiger partial charge in [-0.3, -0.25) is 13.9 Å². The first-order valence-corrected chi connectivity index (χ1v) is 9.30. The molecule has 0 bridgehead atoms. The normalized spacial score (nSPS) is 13.5. The summed E-state index contributed by atoms with van der Waals surface area (Å²) in [4.78, 5) is 38.6. The van der Waals surface area contributed by atoms with Gasteiger partial charge in [0.05, 0.1) is 16.6 Å². The van der Waals surface area contributed by atoms with Crippen LogP contribution in [0.25, 0.3) is 11.0 Å². The van der Waals surface area contributed by atoms with E-state index < -0.39 is 5.97 Å². The molecule has 0 saturated heterocycles. The van der Waals surface area contributed by atoms with E-state index in [-0.39, 0.29) is 23.7 Å². The number of imidazole rings is 1. The average molecular weight is 379 g/mol. The lowest BCUT2D eigenvalue weighted by Crippen LogP contribution is -2.40. The van der Waals surface area contributed by atoms with Gasteiger partial charge in [-0.25, -0.2) is 9.59 Å². The average Bonchev–Trinajstić information content (AvgIpc) is 2.98. The highest BCUT2D eigenvalue weighted by Gasteiger charge is 2.23. The van der Waals surface area contributed by atoms with Gasteiger partial charge in [-0.15, -0.1) is 0 Å². The van der Waals surface area contributed by atoms with Crippen molar-refractivity contribution in [1.29, 1.82) is 0 Å². The highest BCUT2D eigenvalue weighted by Crippen LogP contribution is 2.21. The van der Waals surface area contributed by atoms with E-state index >= 15 is 0 Å². The van der Waals surface area contributed by atoms with Crippen LogP contribution in [0.15, 0.2) is 47.3 Å². The van der Waals surface area contributed by atoms with E-state index in [1.807, 2.05) is 37.3 Å². The van der Waals surface area contributed by atoms with E-state index in [2.05, 4.69) is 0 Å². The monoisotopic (exact) mass is 379 g/mol. The number of aromatic carboxylic acids is 1. The third kappa shape index (κ3) is 2.98. The molecule has 1 aliphatic rings. The molecule has 0 aliphatic carbocycles. The van der Waals surface area contributed by atoms with Crippen molar-refractivity contribution in [2.24, 2.45) is 0 Å². The number of benzene rings is 2. The quantitative estimate of drug-likeness (QED) is 0.752. The van der Waals surface area contributed by atoms with Crippen molar-refractivity contribution in [2.75, 3.05) is 6.54 Å². The summed E-state index contributed by atoms with van der Waals surface area (Å²) in [7, 11) is 0. The number of carbonyl (C=O) groups excluding carboxylic acids is 1. The molecule has 1 aromatic heterocycles. The Hall–Kier alpha value is -3.35. The number of carbonyl (C=O) groups is 2. The van der Waals surface area contributed by atoms with E-state index in [0.29, 0.717) is 26.1 Å². The molecule has 0 unspecified atom stereocenters. The Labute approximate surface area is 161 Å². The summed E-state index contributed by atoms with van der Waals surface area (Å²) in [6, 6.07) is 12.5. The molecule has 3 aromatic rings. The number of rotatable bonds is 4. The van der Waals surface area contributed by atoms with Gasteiger partial charge in [0.25, 0.3) is 0 Å². The summed E-state index contributed by atoms with van der Waals surface area (Å²) in [6.07, 6.45) is 0.673. The predicted octanol–water partition coefficient (Wildman–Crippen LogP) is 2.11. The SMILES string of the molecule is CCn1c(=O)n(CC(=O)N2CCc3ccc(C(=O)O)cc3C2)c2ccccc21.